The van der Waals surface area contributed by atoms with Crippen LogP contribution in [0, 0.1) is 11.8 Å². The molecule has 0 aromatic heterocycles. The highest BCUT2D eigenvalue weighted by Gasteiger charge is 2.15. The van der Waals surface area contributed by atoms with Crippen molar-refractivity contribution in [3.05, 3.63) is 0 Å². The zero-order valence-electron chi connectivity index (χ0n) is 13.8. The Labute approximate surface area is 122 Å². The van der Waals surface area contributed by atoms with Crippen LogP contribution in [0.3, 0.4) is 0 Å². The molecule has 0 amide bonds. The van der Waals surface area contributed by atoms with Gasteiger partial charge in [-0.05, 0) is 11.8 Å². The predicted molar refractivity (Wildman–Crippen MR) is 87.6 cm³/mol. The number of unbranched alkanes of at least 4 members (excludes halogenated alkanes) is 6. The van der Waals surface area contributed by atoms with Gasteiger partial charge in [0.1, 0.15) is 0 Å². The van der Waals surface area contributed by atoms with Crippen molar-refractivity contribution in [2.75, 3.05) is 0 Å². The Morgan fingerprint density at radius 3 is 1.89 bits per heavy atom. The van der Waals surface area contributed by atoms with E-state index >= 15 is 0 Å². The van der Waals surface area contributed by atoms with Crippen molar-refractivity contribution in [1.82, 2.24) is 0 Å². The van der Waals surface area contributed by atoms with Gasteiger partial charge >= 0.3 is 0 Å². The maximum absolute atomic E-state index is 2.39. The van der Waals surface area contributed by atoms with Gasteiger partial charge in [-0.15, -0.1) is 0 Å². The molecule has 2 unspecified atom stereocenters. The molecule has 114 valence electrons. The van der Waals surface area contributed by atoms with Gasteiger partial charge in [-0.25, -0.2) is 0 Å². The van der Waals surface area contributed by atoms with E-state index in [0.717, 1.165) is 11.8 Å². The van der Waals surface area contributed by atoms with Crippen molar-refractivity contribution in [2.45, 2.75) is 110 Å². The fourth-order valence-electron chi connectivity index (χ4n) is 3.71. The van der Waals surface area contributed by atoms with E-state index in [2.05, 4.69) is 13.8 Å². The molecule has 0 aromatic carbocycles. The summed E-state index contributed by atoms with van der Waals surface area (Å²) >= 11 is 0. The zero-order valence-corrected chi connectivity index (χ0v) is 13.8. The molecule has 0 N–H and O–H groups in total. The second-order valence-electron chi connectivity index (χ2n) is 6.91. The third-order valence-electron chi connectivity index (χ3n) is 5.25. The van der Waals surface area contributed by atoms with Gasteiger partial charge in [0.25, 0.3) is 0 Å². The molecule has 1 rings (SSSR count). The van der Waals surface area contributed by atoms with E-state index in [1.807, 2.05) is 0 Å². The number of hydrogen-bond donors (Lipinski definition) is 0. The molecule has 0 bridgehead atoms. The maximum Gasteiger partial charge on any atom is -0.0414 e. The lowest BCUT2D eigenvalue weighted by atomic mass is 9.82. The minimum atomic E-state index is 1.05. The molecule has 1 aliphatic rings. The Hall–Kier alpha value is 0. The standard InChI is InChI=1S/C19H38/c1-3-5-6-7-8-9-10-14-19-15-12-11-13-18(4-2)16-17-19/h18-19H,3-17H2,1-2H3. The molecule has 0 nitrogen and oxygen atoms in total. The summed E-state index contributed by atoms with van der Waals surface area (Å²) in [4.78, 5) is 0. The Balaban J connectivity index is 2.01. The van der Waals surface area contributed by atoms with E-state index in [1.165, 1.54) is 96.3 Å². The van der Waals surface area contributed by atoms with E-state index < -0.39 is 0 Å². The van der Waals surface area contributed by atoms with Gasteiger partial charge in [0.2, 0.25) is 0 Å². The summed E-state index contributed by atoms with van der Waals surface area (Å²) in [7, 11) is 0. The molecule has 1 fully saturated rings. The van der Waals surface area contributed by atoms with Crippen LogP contribution in [0.2, 0.25) is 0 Å². The summed E-state index contributed by atoms with van der Waals surface area (Å²) in [6.45, 7) is 4.69. The van der Waals surface area contributed by atoms with Gasteiger partial charge < -0.3 is 0 Å². The smallest absolute Gasteiger partial charge is 0.0414 e. The lowest BCUT2D eigenvalue weighted by Gasteiger charge is -2.24. The van der Waals surface area contributed by atoms with Crippen LogP contribution in [-0.2, 0) is 0 Å². The van der Waals surface area contributed by atoms with E-state index in [9.17, 15) is 0 Å². The Kier molecular flexibility index (Phi) is 10.6. The molecular weight excluding hydrogens is 228 g/mol. The van der Waals surface area contributed by atoms with Crippen LogP contribution in [0.5, 0.6) is 0 Å². The summed E-state index contributed by atoms with van der Waals surface area (Å²) in [6, 6.07) is 0. The molecule has 0 aliphatic heterocycles. The van der Waals surface area contributed by atoms with Crippen LogP contribution in [0.25, 0.3) is 0 Å². The lowest BCUT2D eigenvalue weighted by molar-refractivity contribution is 0.290. The van der Waals surface area contributed by atoms with Crippen molar-refractivity contribution < 1.29 is 0 Å². The van der Waals surface area contributed by atoms with Gasteiger partial charge in [0, 0.05) is 0 Å². The lowest BCUT2D eigenvalue weighted by Crippen LogP contribution is -2.09. The Morgan fingerprint density at radius 1 is 0.632 bits per heavy atom. The summed E-state index contributed by atoms with van der Waals surface area (Å²) in [5.41, 5.74) is 0. The van der Waals surface area contributed by atoms with E-state index in [4.69, 9.17) is 0 Å². The molecule has 19 heavy (non-hydrogen) atoms. The summed E-state index contributed by atoms with van der Waals surface area (Å²) in [6.07, 6.45) is 22.3. The maximum atomic E-state index is 2.39. The van der Waals surface area contributed by atoms with Crippen molar-refractivity contribution >= 4 is 0 Å². The first kappa shape index (κ1) is 17.1. The first-order valence-electron chi connectivity index (χ1n) is 9.36. The van der Waals surface area contributed by atoms with Crippen LogP contribution >= 0.6 is 0 Å². The summed E-state index contributed by atoms with van der Waals surface area (Å²) in [5.74, 6) is 2.13. The van der Waals surface area contributed by atoms with Crippen LogP contribution in [0.4, 0.5) is 0 Å². The summed E-state index contributed by atoms with van der Waals surface area (Å²) < 4.78 is 0. The van der Waals surface area contributed by atoms with Crippen LogP contribution in [0.1, 0.15) is 110 Å². The normalized spacial score (nSPS) is 24.9. The third kappa shape index (κ3) is 8.71. The van der Waals surface area contributed by atoms with E-state index in [0.29, 0.717) is 0 Å². The second-order valence-corrected chi connectivity index (χ2v) is 6.91. The average molecular weight is 267 g/mol. The molecule has 0 saturated heterocycles. The summed E-state index contributed by atoms with van der Waals surface area (Å²) in [5, 5.41) is 0. The minimum absolute atomic E-state index is 1.05. The van der Waals surface area contributed by atoms with E-state index in [-0.39, 0.29) is 0 Å². The monoisotopic (exact) mass is 266 g/mol. The molecule has 1 aliphatic carbocycles. The van der Waals surface area contributed by atoms with Gasteiger partial charge in [0.15, 0.2) is 0 Å². The topological polar surface area (TPSA) is 0 Å². The van der Waals surface area contributed by atoms with Crippen LogP contribution in [-0.4, -0.2) is 0 Å². The minimum Gasteiger partial charge on any atom is -0.0654 e. The fourth-order valence-corrected chi connectivity index (χ4v) is 3.71. The molecule has 0 radical (unpaired) electrons. The van der Waals surface area contributed by atoms with Gasteiger partial charge in [-0.1, -0.05) is 110 Å². The van der Waals surface area contributed by atoms with Gasteiger partial charge in [-0.3, -0.25) is 0 Å². The van der Waals surface area contributed by atoms with Gasteiger partial charge in [0.05, 0.1) is 0 Å². The highest BCUT2D eigenvalue weighted by Crippen LogP contribution is 2.30. The molecule has 2 atom stereocenters. The molecular formula is C19H38. The molecule has 1 saturated carbocycles. The quantitative estimate of drug-likeness (QED) is 0.390. The molecule has 0 aromatic rings. The fraction of sp³-hybridized carbons (Fsp3) is 1.00. The highest BCUT2D eigenvalue weighted by molar-refractivity contribution is 4.68. The van der Waals surface area contributed by atoms with Crippen LogP contribution in [0.15, 0.2) is 0 Å². The third-order valence-corrected chi connectivity index (χ3v) is 5.25. The average Bonchev–Trinajstić information content (AvgIpc) is 2.40. The first-order chi connectivity index (χ1) is 9.36. The Morgan fingerprint density at radius 2 is 1.21 bits per heavy atom. The van der Waals surface area contributed by atoms with Crippen molar-refractivity contribution in [3.63, 3.8) is 0 Å². The van der Waals surface area contributed by atoms with Crippen molar-refractivity contribution in [1.29, 1.82) is 0 Å². The predicted octanol–water partition coefficient (Wildman–Crippen LogP) is 7.12. The number of hydrogen-bond acceptors (Lipinski definition) is 0. The SMILES string of the molecule is CCCCCCCCCC1CCCCC(CC)CC1. The highest BCUT2D eigenvalue weighted by atomic mass is 14.2. The molecule has 0 heterocycles. The van der Waals surface area contributed by atoms with E-state index in [1.54, 1.807) is 0 Å². The first-order valence-corrected chi connectivity index (χ1v) is 9.36. The second kappa shape index (κ2) is 11.8. The van der Waals surface area contributed by atoms with Crippen molar-refractivity contribution in [3.8, 4) is 0 Å². The molecule has 0 spiro atoms. The van der Waals surface area contributed by atoms with Crippen molar-refractivity contribution in [2.24, 2.45) is 11.8 Å². The number of rotatable bonds is 9. The largest absolute Gasteiger partial charge is 0.0654 e. The molecule has 0 heteroatoms. The Bertz CT molecular complexity index is 184. The zero-order chi connectivity index (χ0) is 13.8. The van der Waals surface area contributed by atoms with Crippen LogP contribution < -0.4 is 0 Å². The van der Waals surface area contributed by atoms with Gasteiger partial charge in [-0.2, -0.15) is 0 Å².